The van der Waals surface area contributed by atoms with E-state index in [0.717, 1.165) is 37.1 Å². The van der Waals surface area contributed by atoms with Gasteiger partial charge in [0.25, 0.3) is 0 Å². The molecule has 4 aromatic rings. The van der Waals surface area contributed by atoms with Gasteiger partial charge >= 0.3 is 11.9 Å². The first-order valence-corrected chi connectivity index (χ1v) is 15.4. The molecule has 4 rings (SSSR count). The Hall–Kier alpha value is -4.20. The number of aromatic nitrogens is 4. The van der Waals surface area contributed by atoms with Gasteiger partial charge in [-0.3, -0.25) is 0 Å². The zero-order valence-corrected chi connectivity index (χ0v) is 26.9. The van der Waals surface area contributed by atoms with Gasteiger partial charge in [0.15, 0.2) is 0 Å². The van der Waals surface area contributed by atoms with Crippen molar-refractivity contribution in [3.05, 3.63) is 108 Å². The van der Waals surface area contributed by atoms with Gasteiger partial charge < -0.3 is 18.6 Å². The molecule has 0 spiro atoms. The van der Waals surface area contributed by atoms with E-state index in [1.165, 1.54) is 11.1 Å². The molecular weight excluding hydrogens is 552 g/mol. The van der Waals surface area contributed by atoms with Crippen molar-refractivity contribution in [2.45, 2.75) is 103 Å². The van der Waals surface area contributed by atoms with E-state index >= 15 is 0 Å². The monoisotopic (exact) mass is 598 g/mol. The Morgan fingerprint density at radius 3 is 1.30 bits per heavy atom. The number of nitrogens with zero attached hydrogens (tertiary/aromatic N) is 4. The van der Waals surface area contributed by atoms with E-state index in [0.29, 0.717) is 12.8 Å². The maximum absolute atomic E-state index is 13.2. The van der Waals surface area contributed by atoms with Crippen LogP contribution in [0.25, 0.3) is 0 Å². The van der Waals surface area contributed by atoms with Crippen LogP contribution in [0.5, 0.6) is 0 Å². The van der Waals surface area contributed by atoms with Crippen molar-refractivity contribution in [3.63, 3.8) is 0 Å². The Morgan fingerprint density at radius 1 is 0.636 bits per heavy atom. The molecular formula is C36H46N4O4. The Kier molecular flexibility index (Phi) is 10.8. The molecule has 0 bridgehead atoms. The van der Waals surface area contributed by atoms with Crippen LogP contribution in [0.1, 0.15) is 102 Å². The largest absolute Gasteiger partial charge is 0.449 e. The minimum absolute atomic E-state index is 0.00606. The predicted octanol–water partition coefficient (Wildman–Crippen LogP) is 7.50. The molecule has 0 amide bonds. The SMILES string of the molecule is CC(C)(C)c1ccc(C(CCCn2ccnc2)OC(=O)C(=O)OC(CCCn2ccnc2)c2ccc(C(C)(C)C)cc2)cc1. The maximum atomic E-state index is 13.2. The van der Waals surface area contributed by atoms with Gasteiger partial charge in [-0.15, -0.1) is 0 Å². The Labute approximate surface area is 261 Å². The summed E-state index contributed by atoms with van der Waals surface area (Å²) in [5.41, 5.74) is 4.04. The molecule has 2 unspecified atom stereocenters. The number of rotatable bonds is 12. The van der Waals surface area contributed by atoms with Gasteiger partial charge in [-0.25, -0.2) is 19.6 Å². The summed E-state index contributed by atoms with van der Waals surface area (Å²) in [6.07, 6.45) is 12.2. The highest BCUT2D eigenvalue weighted by molar-refractivity contribution is 6.29. The van der Waals surface area contributed by atoms with E-state index in [1.807, 2.05) is 45.8 Å². The minimum atomic E-state index is -0.983. The molecule has 0 aliphatic carbocycles. The number of carbonyl (C=O) groups is 2. The second-order valence-electron chi connectivity index (χ2n) is 13.4. The topological polar surface area (TPSA) is 88.2 Å². The minimum Gasteiger partial charge on any atom is -0.449 e. The molecule has 0 aliphatic heterocycles. The van der Waals surface area contributed by atoms with Crippen molar-refractivity contribution in [2.24, 2.45) is 0 Å². The van der Waals surface area contributed by atoms with Crippen LogP contribution < -0.4 is 0 Å². The highest BCUT2D eigenvalue weighted by atomic mass is 16.6. The molecule has 2 aromatic heterocycles. The number of imidazole rings is 2. The van der Waals surface area contributed by atoms with Crippen molar-refractivity contribution in [3.8, 4) is 0 Å². The Balaban J connectivity index is 1.47. The molecule has 2 heterocycles. The van der Waals surface area contributed by atoms with E-state index < -0.39 is 24.1 Å². The van der Waals surface area contributed by atoms with E-state index in [-0.39, 0.29) is 10.8 Å². The molecule has 2 aromatic carbocycles. The molecule has 0 fully saturated rings. The molecule has 0 N–H and O–H groups in total. The van der Waals surface area contributed by atoms with Gasteiger partial charge in [0.1, 0.15) is 12.2 Å². The number of carbonyl (C=O) groups excluding carboxylic acids is 2. The summed E-state index contributed by atoms with van der Waals surface area (Å²) in [6, 6.07) is 16.2. The van der Waals surface area contributed by atoms with Gasteiger partial charge in [0.05, 0.1) is 12.7 Å². The van der Waals surface area contributed by atoms with Gasteiger partial charge in [0.2, 0.25) is 0 Å². The van der Waals surface area contributed by atoms with Crippen molar-refractivity contribution >= 4 is 11.9 Å². The first-order valence-electron chi connectivity index (χ1n) is 15.4. The van der Waals surface area contributed by atoms with E-state index in [4.69, 9.17) is 9.47 Å². The summed E-state index contributed by atoms with van der Waals surface area (Å²) in [6.45, 7) is 14.4. The first kappa shape index (κ1) is 32.7. The molecule has 234 valence electrons. The second-order valence-corrected chi connectivity index (χ2v) is 13.4. The quantitative estimate of drug-likeness (QED) is 0.124. The number of hydrogen-bond donors (Lipinski definition) is 0. The highest BCUT2D eigenvalue weighted by Gasteiger charge is 2.28. The van der Waals surface area contributed by atoms with Crippen LogP contribution in [0.15, 0.2) is 86.0 Å². The number of aryl methyl sites for hydroxylation is 2. The Bertz CT molecular complexity index is 1330. The van der Waals surface area contributed by atoms with Crippen molar-refractivity contribution < 1.29 is 19.1 Å². The summed E-state index contributed by atoms with van der Waals surface area (Å²) in [5.74, 6) is -1.97. The molecule has 0 saturated heterocycles. The molecule has 44 heavy (non-hydrogen) atoms. The normalized spacial score (nSPS) is 13.3. The fourth-order valence-electron chi connectivity index (χ4n) is 5.09. The van der Waals surface area contributed by atoms with Crippen LogP contribution in [0.2, 0.25) is 0 Å². The molecule has 8 nitrogen and oxygen atoms in total. The number of hydrogen-bond acceptors (Lipinski definition) is 6. The van der Waals surface area contributed by atoms with Crippen molar-refractivity contribution in [1.82, 2.24) is 19.1 Å². The van der Waals surface area contributed by atoms with Crippen molar-refractivity contribution in [1.29, 1.82) is 0 Å². The lowest BCUT2D eigenvalue weighted by atomic mass is 9.86. The number of benzene rings is 2. The summed E-state index contributed by atoms with van der Waals surface area (Å²) >= 11 is 0. The average molecular weight is 599 g/mol. The zero-order valence-electron chi connectivity index (χ0n) is 26.9. The molecule has 0 radical (unpaired) electrons. The predicted molar refractivity (Wildman–Crippen MR) is 171 cm³/mol. The van der Waals surface area contributed by atoms with Crippen LogP contribution in [0, 0.1) is 0 Å². The molecule has 2 atom stereocenters. The molecule has 0 saturated carbocycles. The third kappa shape index (κ3) is 9.40. The van der Waals surface area contributed by atoms with Gasteiger partial charge in [-0.05, 0) is 58.8 Å². The van der Waals surface area contributed by atoms with E-state index in [9.17, 15) is 9.59 Å². The number of esters is 2. The van der Waals surface area contributed by atoms with Gasteiger partial charge in [-0.2, -0.15) is 0 Å². The first-order chi connectivity index (χ1) is 20.9. The second kappa shape index (κ2) is 14.5. The van der Waals surface area contributed by atoms with Crippen LogP contribution in [-0.2, 0) is 43.0 Å². The lowest BCUT2D eigenvalue weighted by Crippen LogP contribution is -2.25. The van der Waals surface area contributed by atoms with Crippen LogP contribution in [0.3, 0.4) is 0 Å². The molecule has 8 heteroatoms. The number of ether oxygens (including phenoxy) is 2. The maximum Gasteiger partial charge on any atom is 0.418 e. The highest BCUT2D eigenvalue weighted by Crippen LogP contribution is 2.30. The van der Waals surface area contributed by atoms with Gasteiger partial charge in [0, 0.05) is 37.9 Å². The summed E-state index contributed by atoms with van der Waals surface area (Å²) in [7, 11) is 0. The van der Waals surface area contributed by atoms with Crippen molar-refractivity contribution in [2.75, 3.05) is 0 Å². The van der Waals surface area contributed by atoms with E-state index in [2.05, 4.69) is 75.8 Å². The molecule has 0 aliphatic rings. The van der Waals surface area contributed by atoms with Gasteiger partial charge in [-0.1, -0.05) is 90.1 Å². The lowest BCUT2D eigenvalue weighted by Gasteiger charge is -2.23. The summed E-state index contributed by atoms with van der Waals surface area (Å²) in [5, 5.41) is 0. The summed E-state index contributed by atoms with van der Waals surface area (Å²) in [4.78, 5) is 34.7. The smallest absolute Gasteiger partial charge is 0.418 e. The fourth-order valence-corrected chi connectivity index (χ4v) is 5.09. The average Bonchev–Trinajstić information content (AvgIpc) is 3.70. The van der Waals surface area contributed by atoms with Crippen LogP contribution in [0.4, 0.5) is 0 Å². The third-order valence-electron chi connectivity index (χ3n) is 7.85. The van der Waals surface area contributed by atoms with Crippen LogP contribution >= 0.6 is 0 Å². The van der Waals surface area contributed by atoms with Crippen LogP contribution in [-0.4, -0.2) is 31.0 Å². The fraction of sp³-hybridized carbons (Fsp3) is 0.444. The summed E-state index contributed by atoms with van der Waals surface area (Å²) < 4.78 is 15.7. The Morgan fingerprint density at radius 2 is 1.00 bits per heavy atom. The lowest BCUT2D eigenvalue weighted by molar-refractivity contribution is -0.175. The zero-order chi connectivity index (χ0) is 31.7. The standard InChI is InChI=1S/C36H46N4O4/c1-35(2,3)29-15-11-27(12-16-29)31(9-7-21-39-23-19-37-25-39)43-33(41)34(42)44-32(10-8-22-40-24-20-38-26-40)28-13-17-30(18-14-28)36(4,5)6/h11-20,23-26,31-32H,7-10,21-22H2,1-6H3. The van der Waals surface area contributed by atoms with E-state index in [1.54, 1.807) is 25.0 Å². The third-order valence-corrected chi connectivity index (χ3v) is 7.85.